The number of nitriles is 1. The number of aryl methyl sites for hydroxylation is 1. The minimum absolute atomic E-state index is 0.269. The topological polar surface area (TPSA) is 65.9 Å². The number of nitrogen functional groups attached to an aromatic ring is 1. The number of rotatable bonds is 7. The van der Waals surface area contributed by atoms with E-state index in [9.17, 15) is 5.26 Å². The lowest BCUT2D eigenvalue weighted by atomic mass is 9.97. The zero-order chi connectivity index (χ0) is 20.8. The molecule has 0 unspecified atom stereocenters. The molecule has 0 aliphatic carbocycles. The van der Waals surface area contributed by atoms with E-state index in [1.807, 2.05) is 6.07 Å². The minimum atomic E-state index is 0.269. The molecule has 4 nitrogen and oxygen atoms in total. The number of hydrogen-bond donors (Lipinski definition) is 1. The van der Waals surface area contributed by atoms with Crippen LogP contribution in [0.15, 0.2) is 54.6 Å². The molecular formula is C25H28N4. The first-order chi connectivity index (χ1) is 14.1. The zero-order valence-electron chi connectivity index (χ0n) is 17.4. The van der Waals surface area contributed by atoms with E-state index in [-0.39, 0.29) is 5.82 Å². The molecule has 1 heterocycles. The third-order valence-electron chi connectivity index (χ3n) is 5.25. The van der Waals surface area contributed by atoms with E-state index in [4.69, 9.17) is 5.73 Å². The summed E-state index contributed by atoms with van der Waals surface area (Å²) in [4.78, 5) is 6.79. The van der Waals surface area contributed by atoms with Crippen LogP contribution in [0.4, 0.5) is 11.5 Å². The third kappa shape index (κ3) is 4.41. The smallest absolute Gasteiger partial charge is 0.142 e. The summed E-state index contributed by atoms with van der Waals surface area (Å²) in [6.07, 6.45) is 2.18. The van der Waals surface area contributed by atoms with E-state index >= 15 is 0 Å². The SMILES string of the molecule is CCCc1ccc(-c2cc(-c3ccc(N(CC)CC)cc3)c(C#N)c(N)n2)cc1. The lowest BCUT2D eigenvalue weighted by Crippen LogP contribution is -2.21. The molecule has 2 N–H and O–H groups in total. The molecule has 148 valence electrons. The van der Waals surface area contributed by atoms with Gasteiger partial charge in [-0.25, -0.2) is 4.98 Å². The summed E-state index contributed by atoms with van der Waals surface area (Å²) in [6, 6.07) is 20.9. The van der Waals surface area contributed by atoms with Crippen LogP contribution in [0.3, 0.4) is 0 Å². The molecule has 4 heteroatoms. The maximum absolute atomic E-state index is 9.66. The van der Waals surface area contributed by atoms with Gasteiger partial charge in [-0.05, 0) is 49.6 Å². The fourth-order valence-corrected chi connectivity index (χ4v) is 3.63. The predicted molar refractivity (Wildman–Crippen MR) is 122 cm³/mol. The molecule has 2 aromatic carbocycles. The van der Waals surface area contributed by atoms with Gasteiger partial charge in [-0.3, -0.25) is 0 Å². The number of hydrogen-bond acceptors (Lipinski definition) is 4. The van der Waals surface area contributed by atoms with E-state index < -0.39 is 0 Å². The van der Waals surface area contributed by atoms with Crippen molar-refractivity contribution in [1.82, 2.24) is 4.98 Å². The Hall–Kier alpha value is -3.32. The van der Waals surface area contributed by atoms with Crippen LogP contribution >= 0.6 is 0 Å². The van der Waals surface area contributed by atoms with Crippen molar-refractivity contribution >= 4 is 11.5 Å². The summed E-state index contributed by atoms with van der Waals surface area (Å²) in [7, 11) is 0. The van der Waals surface area contributed by atoms with Crippen LogP contribution in [-0.2, 0) is 6.42 Å². The second kappa shape index (κ2) is 9.25. The Kier molecular flexibility index (Phi) is 6.51. The second-order valence-corrected chi connectivity index (χ2v) is 7.09. The van der Waals surface area contributed by atoms with E-state index in [2.05, 4.69) is 85.3 Å². The number of nitrogens with zero attached hydrogens (tertiary/aromatic N) is 3. The first-order valence-electron chi connectivity index (χ1n) is 10.3. The maximum atomic E-state index is 9.66. The van der Waals surface area contributed by atoms with Gasteiger partial charge in [0.2, 0.25) is 0 Å². The van der Waals surface area contributed by atoms with Gasteiger partial charge in [-0.1, -0.05) is 49.7 Å². The molecule has 0 saturated heterocycles. The summed E-state index contributed by atoms with van der Waals surface area (Å²) in [5, 5.41) is 9.66. The average molecular weight is 385 g/mol. The largest absolute Gasteiger partial charge is 0.383 e. The van der Waals surface area contributed by atoms with Gasteiger partial charge >= 0.3 is 0 Å². The first kappa shape index (κ1) is 20.4. The number of pyridine rings is 1. The van der Waals surface area contributed by atoms with Crippen molar-refractivity contribution in [3.63, 3.8) is 0 Å². The molecular weight excluding hydrogens is 356 g/mol. The predicted octanol–water partition coefficient (Wildman–Crippen LogP) is 5.67. The molecule has 0 aliphatic heterocycles. The van der Waals surface area contributed by atoms with Crippen LogP contribution in [-0.4, -0.2) is 18.1 Å². The fourth-order valence-electron chi connectivity index (χ4n) is 3.63. The Balaban J connectivity index is 2.03. The molecule has 0 fully saturated rings. The van der Waals surface area contributed by atoms with Crippen molar-refractivity contribution in [2.45, 2.75) is 33.6 Å². The summed E-state index contributed by atoms with van der Waals surface area (Å²) in [6.45, 7) is 8.38. The third-order valence-corrected chi connectivity index (χ3v) is 5.25. The molecule has 3 rings (SSSR count). The second-order valence-electron chi connectivity index (χ2n) is 7.09. The standard InChI is InChI=1S/C25H28N4/c1-4-7-18-8-10-20(11-9-18)24-16-22(23(17-26)25(27)28-24)19-12-14-21(15-13-19)29(5-2)6-3/h8-16H,4-7H2,1-3H3,(H2,27,28). The van der Waals surface area contributed by atoms with Gasteiger partial charge in [0.15, 0.2) is 0 Å². The van der Waals surface area contributed by atoms with Crippen molar-refractivity contribution in [3.8, 4) is 28.5 Å². The van der Waals surface area contributed by atoms with Crippen LogP contribution in [0.1, 0.15) is 38.3 Å². The van der Waals surface area contributed by atoms with Crippen molar-refractivity contribution in [2.24, 2.45) is 0 Å². The van der Waals surface area contributed by atoms with Crippen molar-refractivity contribution in [1.29, 1.82) is 5.26 Å². The Labute approximate surface area is 173 Å². The molecule has 0 spiro atoms. The molecule has 0 amide bonds. The molecule has 0 atom stereocenters. The molecule has 0 radical (unpaired) electrons. The van der Waals surface area contributed by atoms with Crippen molar-refractivity contribution < 1.29 is 0 Å². The van der Waals surface area contributed by atoms with Gasteiger partial charge in [0.05, 0.1) is 5.69 Å². The van der Waals surface area contributed by atoms with Gasteiger partial charge in [0.1, 0.15) is 17.5 Å². The summed E-state index contributed by atoms with van der Waals surface area (Å²) in [5.41, 5.74) is 12.6. The number of benzene rings is 2. The summed E-state index contributed by atoms with van der Waals surface area (Å²) >= 11 is 0. The van der Waals surface area contributed by atoms with Gasteiger partial charge in [-0.2, -0.15) is 5.26 Å². The number of aromatic nitrogens is 1. The highest BCUT2D eigenvalue weighted by molar-refractivity contribution is 5.80. The van der Waals surface area contributed by atoms with Gasteiger partial charge in [0, 0.05) is 29.9 Å². The van der Waals surface area contributed by atoms with Gasteiger partial charge in [-0.15, -0.1) is 0 Å². The average Bonchev–Trinajstić information content (AvgIpc) is 2.75. The summed E-state index contributed by atoms with van der Waals surface area (Å²) < 4.78 is 0. The Bertz CT molecular complexity index is 995. The highest BCUT2D eigenvalue weighted by Crippen LogP contribution is 2.32. The Morgan fingerprint density at radius 1 is 0.931 bits per heavy atom. The van der Waals surface area contributed by atoms with Crippen LogP contribution < -0.4 is 10.6 Å². The lowest BCUT2D eigenvalue weighted by Gasteiger charge is -2.21. The lowest BCUT2D eigenvalue weighted by molar-refractivity contribution is 0.866. The van der Waals surface area contributed by atoms with Crippen LogP contribution in [0, 0.1) is 11.3 Å². The normalized spacial score (nSPS) is 10.6. The number of nitrogens with two attached hydrogens (primary N) is 1. The number of anilines is 2. The molecule has 29 heavy (non-hydrogen) atoms. The highest BCUT2D eigenvalue weighted by Gasteiger charge is 2.14. The first-order valence-corrected chi connectivity index (χ1v) is 10.3. The molecule has 3 aromatic rings. The maximum Gasteiger partial charge on any atom is 0.142 e. The van der Waals surface area contributed by atoms with Crippen molar-refractivity contribution in [2.75, 3.05) is 23.7 Å². The van der Waals surface area contributed by atoms with Crippen LogP contribution in [0.5, 0.6) is 0 Å². The zero-order valence-corrected chi connectivity index (χ0v) is 17.4. The minimum Gasteiger partial charge on any atom is -0.383 e. The van der Waals surface area contributed by atoms with Crippen LogP contribution in [0.25, 0.3) is 22.4 Å². The Morgan fingerprint density at radius 2 is 1.55 bits per heavy atom. The molecule has 0 saturated carbocycles. The Morgan fingerprint density at radius 3 is 2.10 bits per heavy atom. The van der Waals surface area contributed by atoms with Gasteiger partial charge < -0.3 is 10.6 Å². The fraction of sp³-hybridized carbons (Fsp3) is 0.280. The van der Waals surface area contributed by atoms with E-state index in [1.54, 1.807) is 0 Å². The monoisotopic (exact) mass is 384 g/mol. The summed E-state index contributed by atoms with van der Waals surface area (Å²) in [5.74, 6) is 0.269. The van der Waals surface area contributed by atoms with Gasteiger partial charge in [0.25, 0.3) is 0 Å². The highest BCUT2D eigenvalue weighted by atomic mass is 15.1. The molecule has 1 aromatic heterocycles. The quantitative estimate of drug-likeness (QED) is 0.570. The van der Waals surface area contributed by atoms with Crippen molar-refractivity contribution in [3.05, 3.63) is 65.7 Å². The van der Waals surface area contributed by atoms with Crippen LogP contribution in [0.2, 0.25) is 0 Å². The molecule has 0 bridgehead atoms. The van der Waals surface area contributed by atoms with E-state index in [1.165, 1.54) is 11.3 Å². The molecule has 0 aliphatic rings. The van der Waals surface area contributed by atoms with E-state index in [0.29, 0.717) is 5.56 Å². The van der Waals surface area contributed by atoms with E-state index in [0.717, 1.165) is 48.3 Å².